The van der Waals surface area contributed by atoms with Crippen molar-refractivity contribution in [1.82, 2.24) is 14.7 Å². The number of halogens is 4. The van der Waals surface area contributed by atoms with Crippen molar-refractivity contribution in [2.45, 2.75) is 36.6 Å². The molecule has 0 saturated carbocycles. The second-order valence-corrected chi connectivity index (χ2v) is 13.8. The smallest absolute Gasteiger partial charge is 0.421 e. The number of nitrogens with zero attached hydrogens (tertiary/aromatic N) is 2. The number of sulfonamides is 1. The van der Waals surface area contributed by atoms with E-state index >= 15 is 0 Å². The van der Waals surface area contributed by atoms with E-state index in [1.54, 1.807) is 37.3 Å². The van der Waals surface area contributed by atoms with Crippen LogP contribution in [0.1, 0.15) is 34.7 Å². The Hall–Kier alpha value is -4.01. The van der Waals surface area contributed by atoms with Crippen LogP contribution in [0.15, 0.2) is 88.5 Å². The molecule has 8 nitrogen and oxygen atoms in total. The average molecular weight is 673 g/mol. The van der Waals surface area contributed by atoms with Gasteiger partial charge < -0.3 is 15.3 Å². The van der Waals surface area contributed by atoms with Gasteiger partial charge in [-0.05, 0) is 78.9 Å². The standard InChI is InChI=1S/C31H24ClF3N4O4S2/c1-16-15-43-24-8-6-19(14-21(16)24)45(41,42)39-28(27-22(32)7-9-26(36)38-27)25-12-17-4-3-5-20(29(17)44-25)23-13-18(10-11-37-23)30(2,40)31(33,34)35/h3-15,28,39-40H,1-2H3,(H2,36,38)/t28-,30?/m0/s1. The topological polar surface area (TPSA) is 131 Å². The van der Waals surface area contributed by atoms with Crippen molar-refractivity contribution in [1.29, 1.82) is 0 Å². The number of nitrogens with two attached hydrogens (primary N) is 1. The highest BCUT2D eigenvalue weighted by molar-refractivity contribution is 7.89. The van der Waals surface area contributed by atoms with Crippen molar-refractivity contribution in [3.8, 4) is 11.3 Å². The van der Waals surface area contributed by atoms with Crippen LogP contribution in [0.4, 0.5) is 19.0 Å². The Morgan fingerprint density at radius 1 is 1.09 bits per heavy atom. The molecule has 0 fully saturated rings. The number of aromatic nitrogens is 2. The Morgan fingerprint density at radius 2 is 1.87 bits per heavy atom. The predicted octanol–water partition coefficient (Wildman–Crippen LogP) is 7.49. The molecule has 1 unspecified atom stereocenters. The van der Waals surface area contributed by atoms with Gasteiger partial charge in [0.2, 0.25) is 10.0 Å². The number of nitrogen functional groups attached to an aromatic ring is 1. The molecule has 0 saturated heterocycles. The van der Waals surface area contributed by atoms with E-state index in [-0.39, 0.29) is 32.7 Å². The molecule has 4 N–H and O–H groups in total. The van der Waals surface area contributed by atoms with Crippen molar-refractivity contribution in [2.24, 2.45) is 0 Å². The second kappa shape index (κ2) is 11.1. The largest absolute Gasteiger partial charge is 0.464 e. The first-order chi connectivity index (χ1) is 21.2. The first-order valence-electron chi connectivity index (χ1n) is 13.4. The maximum Gasteiger partial charge on any atom is 0.421 e. The predicted molar refractivity (Wildman–Crippen MR) is 167 cm³/mol. The lowest BCUT2D eigenvalue weighted by Crippen LogP contribution is -2.39. The molecule has 6 aromatic rings. The van der Waals surface area contributed by atoms with E-state index < -0.39 is 27.8 Å². The third-order valence-corrected chi connectivity index (χ3v) is 10.5. The fourth-order valence-corrected chi connectivity index (χ4v) is 7.65. The lowest BCUT2D eigenvalue weighted by molar-refractivity contribution is -0.258. The third-order valence-electron chi connectivity index (χ3n) is 7.49. The van der Waals surface area contributed by atoms with Crippen molar-refractivity contribution in [3.05, 3.63) is 106 Å². The number of alkyl halides is 3. The molecule has 6 rings (SSSR count). The summed E-state index contributed by atoms with van der Waals surface area (Å²) in [6.07, 6.45) is -2.18. The summed E-state index contributed by atoms with van der Waals surface area (Å²) < 4.78 is 77.2. The van der Waals surface area contributed by atoms with Gasteiger partial charge in [0.15, 0.2) is 5.60 Å². The third kappa shape index (κ3) is 5.66. The van der Waals surface area contributed by atoms with E-state index in [1.807, 2.05) is 0 Å². The van der Waals surface area contributed by atoms with Crippen LogP contribution in [-0.4, -0.2) is 29.7 Å². The maximum atomic E-state index is 13.8. The van der Waals surface area contributed by atoms with Crippen molar-refractivity contribution >= 4 is 59.8 Å². The van der Waals surface area contributed by atoms with Crippen LogP contribution in [0.2, 0.25) is 5.02 Å². The van der Waals surface area contributed by atoms with Gasteiger partial charge in [0.05, 0.1) is 33.6 Å². The maximum absolute atomic E-state index is 13.8. The van der Waals surface area contributed by atoms with Crippen LogP contribution in [0, 0.1) is 6.92 Å². The highest BCUT2D eigenvalue weighted by atomic mass is 35.5. The number of anilines is 1. The van der Waals surface area contributed by atoms with Crippen LogP contribution in [-0.2, 0) is 15.6 Å². The van der Waals surface area contributed by atoms with Crippen LogP contribution >= 0.6 is 22.9 Å². The summed E-state index contributed by atoms with van der Waals surface area (Å²) in [6, 6.07) is 15.6. The van der Waals surface area contributed by atoms with E-state index in [2.05, 4.69) is 14.7 Å². The zero-order valence-electron chi connectivity index (χ0n) is 23.6. The van der Waals surface area contributed by atoms with Crippen LogP contribution in [0.25, 0.3) is 32.3 Å². The van der Waals surface area contributed by atoms with Gasteiger partial charge in [-0.25, -0.2) is 13.4 Å². The van der Waals surface area contributed by atoms with Gasteiger partial charge in [-0.3, -0.25) is 4.98 Å². The first kappa shape index (κ1) is 31.0. The fraction of sp³-hybridized carbons (Fsp3) is 0.161. The van der Waals surface area contributed by atoms with E-state index in [9.17, 15) is 26.7 Å². The second-order valence-electron chi connectivity index (χ2n) is 10.6. The number of hydrogen-bond donors (Lipinski definition) is 3. The molecule has 0 amide bonds. The van der Waals surface area contributed by atoms with Gasteiger partial charge in [0.1, 0.15) is 11.4 Å². The Labute approximate surface area is 264 Å². The Kier molecular flexibility index (Phi) is 7.65. The molecule has 14 heteroatoms. The number of pyridine rings is 2. The zero-order chi connectivity index (χ0) is 32.3. The summed E-state index contributed by atoms with van der Waals surface area (Å²) in [5, 5.41) is 11.7. The summed E-state index contributed by atoms with van der Waals surface area (Å²) in [4.78, 5) is 9.11. The van der Waals surface area contributed by atoms with Crippen LogP contribution < -0.4 is 10.5 Å². The fourth-order valence-electron chi connectivity index (χ4n) is 4.92. The minimum Gasteiger partial charge on any atom is -0.464 e. The Bertz CT molecular complexity index is 2200. The number of nitrogens with one attached hydrogen (secondary N) is 1. The van der Waals surface area contributed by atoms with Gasteiger partial charge in [0, 0.05) is 26.7 Å². The van der Waals surface area contributed by atoms with E-state index in [0.29, 0.717) is 38.4 Å². The quantitative estimate of drug-likeness (QED) is 0.160. The average Bonchev–Trinajstić information content (AvgIpc) is 3.60. The molecule has 0 spiro atoms. The summed E-state index contributed by atoms with van der Waals surface area (Å²) in [6.45, 7) is 2.49. The van der Waals surface area contributed by atoms with Gasteiger partial charge in [-0.1, -0.05) is 29.8 Å². The lowest BCUT2D eigenvalue weighted by Gasteiger charge is -2.26. The number of thiophene rings is 1. The summed E-state index contributed by atoms with van der Waals surface area (Å²) >= 11 is 7.73. The zero-order valence-corrected chi connectivity index (χ0v) is 25.9. The molecule has 0 aliphatic heterocycles. The minimum absolute atomic E-state index is 0.0101. The highest BCUT2D eigenvalue weighted by Gasteiger charge is 2.51. The van der Waals surface area contributed by atoms with Gasteiger partial charge in [-0.2, -0.15) is 17.9 Å². The highest BCUT2D eigenvalue weighted by Crippen LogP contribution is 2.42. The molecule has 0 aliphatic carbocycles. The number of aliphatic hydroxyl groups is 1. The van der Waals surface area contributed by atoms with Crippen molar-refractivity contribution in [3.63, 3.8) is 0 Å². The van der Waals surface area contributed by atoms with E-state index in [1.165, 1.54) is 54.1 Å². The van der Waals surface area contributed by atoms with Crippen LogP contribution in [0.3, 0.4) is 0 Å². The Morgan fingerprint density at radius 3 is 2.62 bits per heavy atom. The number of furan rings is 1. The number of fused-ring (bicyclic) bond motifs is 2. The molecule has 45 heavy (non-hydrogen) atoms. The van der Waals surface area contributed by atoms with E-state index in [4.69, 9.17) is 21.8 Å². The molecule has 4 heterocycles. The lowest BCUT2D eigenvalue weighted by atomic mass is 9.94. The molecule has 0 aliphatic rings. The normalized spacial score (nSPS) is 14.6. The molecular weight excluding hydrogens is 649 g/mol. The number of benzene rings is 2. The molecule has 0 radical (unpaired) electrons. The monoisotopic (exact) mass is 672 g/mol. The van der Waals surface area contributed by atoms with Gasteiger partial charge in [0.25, 0.3) is 0 Å². The number of aryl methyl sites for hydroxylation is 1. The van der Waals surface area contributed by atoms with Crippen molar-refractivity contribution in [2.75, 3.05) is 5.73 Å². The van der Waals surface area contributed by atoms with Crippen LogP contribution in [0.5, 0.6) is 0 Å². The molecule has 2 atom stereocenters. The molecule has 232 valence electrons. The summed E-state index contributed by atoms with van der Waals surface area (Å²) in [5.41, 5.74) is 4.65. The molecule has 0 bridgehead atoms. The Balaban J connectivity index is 1.48. The van der Waals surface area contributed by atoms with E-state index in [0.717, 1.165) is 11.6 Å². The molecule has 2 aromatic carbocycles. The molecule has 4 aromatic heterocycles. The van der Waals surface area contributed by atoms with Gasteiger partial charge in [-0.15, -0.1) is 11.3 Å². The summed E-state index contributed by atoms with van der Waals surface area (Å²) in [5.74, 6) is 0.119. The number of rotatable bonds is 7. The van der Waals surface area contributed by atoms with Gasteiger partial charge >= 0.3 is 6.18 Å². The molecular formula is C31H24ClF3N4O4S2. The SMILES string of the molecule is Cc1coc2ccc(S(=O)(=O)N[C@@H](c3cc4cccc(-c5cc(C(C)(O)C(F)(F)F)ccn5)c4s3)c3nc(N)ccc3Cl)cc12. The number of hydrogen-bond acceptors (Lipinski definition) is 8. The minimum atomic E-state index is -4.91. The first-order valence-corrected chi connectivity index (χ1v) is 16.0. The summed E-state index contributed by atoms with van der Waals surface area (Å²) in [7, 11) is -4.18. The van der Waals surface area contributed by atoms with Crippen molar-refractivity contribution < 1.29 is 31.1 Å².